The lowest BCUT2D eigenvalue weighted by Crippen LogP contribution is -2.52. The molecule has 1 aliphatic carbocycles. The van der Waals surface area contributed by atoms with Crippen molar-refractivity contribution in [3.8, 4) is 0 Å². The summed E-state index contributed by atoms with van der Waals surface area (Å²) in [6.07, 6.45) is 6.31. The third kappa shape index (κ3) is 9.49. The van der Waals surface area contributed by atoms with Gasteiger partial charge in [-0.2, -0.15) is 0 Å². The van der Waals surface area contributed by atoms with E-state index >= 15 is 0 Å². The topological polar surface area (TPSA) is 99.1 Å². The molecule has 1 aliphatic rings. The minimum Gasteiger partial charge on any atom is -0.512 e. The van der Waals surface area contributed by atoms with Gasteiger partial charge in [0, 0.05) is 0 Å². The summed E-state index contributed by atoms with van der Waals surface area (Å²) in [5.41, 5.74) is -1.28. The molecule has 47 heavy (non-hydrogen) atoms. The Bertz CT molecular complexity index is 1300. The van der Waals surface area contributed by atoms with Gasteiger partial charge in [0.25, 0.3) is 5.97 Å². The molecule has 3 atom stereocenters. The molecule has 2 aromatic carbocycles. The van der Waals surface area contributed by atoms with Gasteiger partial charge in [-0.05, 0) is 65.9 Å². The number of rotatable bonds is 16. The molecule has 1 N–H and O–H groups in total. The van der Waals surface area contributed by atoms with Crippen LogP contribution in [0.2, 0.25) is 0 Å². The van der Waals surface area contributed by atoms with E-state index in [0.29, 0.717) is 18.9 Å². The van der Waals surface area contributed by atoms with Crippen LogP contribution in [0, 0.1) is 33.5 Å². The van der Waals surface area contributed by atoms with Gasteiger partial charge in [-0.3, -0.25) is 14.4 Å². The van der Waals surface area contributed by atoms with Crippen LogP contribution in [-0.2, 0) is 35.1 Å². The normalized spacial score (nSPS) is 17.1. The number of carbonyl (C=O) groups excluding carboxylic acids is 3. The highest BCUT2D eigenvalue weighted by molar-refractivity contribution is 6.20. The van der Waals surface area contributed by atoms with Crippen molar-refractivity contribution in [2.45, 2.75) is 113 Å². The predicted molar refractivity (Wildman–Crippen MR) is 186 cm³/mol. The van der Waals surface area contributed by atoms with Crippen molar-refractivity contribution >= 4 is 25.6 Å². The second-order valence-electron chi connectivity index (χ2n) is 15.7. The molecular weight excluding hydrogens is 591 g/mol. The van der Waals surface area contributed by atoms with Gasteiger partial charge in [0.15, 0.2) is 0 Å². The average Bonchev–Trinajstić information content (AvgIpc) is 3.05. The number of benzene rings is 2. The summed E-state index contributed by atoms with van der Waals surface area (Å²) in [4.78, 5) is 41.2. The smallest absolute Gasteiger partial charge is 0.506 e. The lowest BCUT2D eigenvalue weighted by Gasteiger charge is -2.52. The van der Waals surface area contributed by atoms with Crippen LogP contribution in [0.1, 0.15) is 117 Å². The zero-order chi connectivity index (χ0) is 34.9. The molecule has 3 rings (SSSR count). The molecule has 0 heterocycles. The Kier molecular flexibility index (Phi) is 13.3. The molecule has 0 amide bonds. The molecule has 0 aliphatic heterocycles. The minimum atomic E-state index is -1.05. The Morgan fingerprint density at radius 2 is 1.38 bits per heavy atom. The minimum absolute atomic E-state index is 0.198. The fraction of sp³-hybridized carbons (Fsp3) is 0.615. The highest BCUT2D eigenvalue weighted by Crippen LogP contribution is 2.57. The third-order valence-electron chi connectivity index (χ3n) is 11.7. The van der Waals surface area contributed by atoms with E-state index in [9.17, 15) is 19.4 Å². The molecule has 2 aromatic rings. The van der Waals surface area contributed by atoms with Gasteiger partial charge in [-0.25, -0.2) is 0 Å². The van der Waals surface area contributed by atoms with Crippen LogP contribution in [0.3, 0.4) is 0 Å². The van der Waals surface area contributed by atoms with Gasteiger partial charge in [-0.15, -0.1) is 0 Å². The molecule has 8 heteroatoms. The van der Waals surface area contributed by atoms with Gasteiger partial charge >= 0.3 is 19.6 Å². The number of hydrogen-bond acceptors (Lipinski definition) is 7. The van der Waals surface area contributed by atoms with Crippen molar-refractivity contribution in [1.82, 2.24) is 0 Å². The summed E-state index contributed by atoms with van der Waals surface area (Å²) < 4.78 is 17.1. The summed E-state index contributed by atoms with van der Waals surface area (Å²) in [6.45, 7) is 16.8. The van der Waals surface area contributed by atoms with E-state index in [1.165, 1.54) is 6.42 Å². The molecule has 0 bridgehead atoms. The summed E-state index contributed by atoms with van der Waals surface area (Å²) in [5, 5.41) is 9.46. The fourth-order valence-corrected chi connectivity index (χ4v) is 7.06. The summed E-state index contributed by atoms with van der Waals surface area (Å²) in [6, 6.07) is 19.0. The van der Waals surface area contributed by atoms with Crippen molar-refractivity contribution in [1.29, 1.82) is 0 Å². The molecule has 0 radical (unpaired) electrons. The molecule has 3 unspecified atom stereocenters. The molecule has 0 aromatic heterocycles. The lowest BCUT2D eigenvalue weighted by atomic mass is 9.51. The first-order valence-electron chi connectivity index (χ1n) is 17.3. The van der Waals surface area contributed by atoms with Crippen molar-refractivity contribution < 1.29 is 33.5 Å². The first-order valence-corrected chi connectivity index (χ1v) is 17.3. The summed E-state index contributed by atoms with van der Waals surface area (Å²) >= 11 is 0. The summed E-state index contributed by atoms with van der Waals surface area (Å²) in [7, 11) is -0.719. The van der Waals surface area contributed by atoms with E-state index in [0.717, 1.165) is 36.8 Å². The third-order valence-corrected chi connectivity index (χ3v) is 11.7. The Morgan fingerprint density at radius 3 is 1.96 bits per heavy atom. The van der Waals surface area contributed by atoms with E-state index in [1.807, 2.05) is 88.4 Å². The van der Waals surface area contributed by atoms with Crippen LogP contribution >= 0.6 is 0 Å². The number of esters is 2. The Morgan fingerprint density at radius 1 is 0.809 bits per heavy atom. The van der Waals surface area contributed by atoms with Crippen LogP contribution in [0.5, 0.6) is 0 Å². The van der Waals surface area contributed by atoms with E-state index < -0.39 is 47.2 Å². The van der Waals surface area contributed by atoms with E-state index in [1.54, 1.807) is 0 Å². The quantitative estimate of drug-likeness (QED) is 0.112. The standard InChI is InChI=1S/C39H57BO7/c1-28(33(41)45-25-29-18-12-9-13-19-29)38(6,7)37(4,5)27-39(8,35(43)46-26-30-20-14-10-15-21-30)36(2,3)24-32(34(42)47-40-44)31-22-16-11-17-23-31/h9,11-13,16-19,22-23,28,30,32,40,44H,10,14-15,20-21,24-27H2,1-8H3. The van der Waals surface area contributed by atoms with Crippen molar-refractivity contribution in [2.24, 2.45) is 33.5 Å². The zero-order valence-electron chi connectivity index (χ0n) is 30.0. The van der Waals surface area contributed by atoms with Crippen molar-refractivity contribution in [3.63, 3.8) is 0 Å². The van der Waals surface area contributed by atoms with Gasteiger partial charge in [0.2, 0.25) is 0 Å². The molecule has 0 spiro atoms. The first-order chi connectivity index (χ1) is 22.1. The zero-order valence-corrected chi connectivity index (χ0v) is 30.0. The van der Waals surface area contributed by atoms with Gasteiger partial charge in [-0.1, -0.05) is 128 Å². The molecule has 1 saturated carbocycles. The van der Waals surface area contributed by atoms with Gasteiger partial charge in [0.05, 0.1) is 23.9 Å². The van der Waals surface area contributed by atoms with Gasteiger partial charge < -0.3 is 19.2 Å². The first kappa shape index (κ1) is 38.3. The Balaban J connectivity index is 1.94. The van der Waals surface area contributed by atoms with E-state index in [-0.39, 0.29) is 25.0 Å². The monoisotopic (exact) mass is 648 g/mol. The van der Waals surface area contributed by atoms with Crippen LogP contribution < -0.4 is 0 Å². The number of hydrogen-bond donors (Lipinski definition) is 1. The average molecular weight is 649 g/mol. The lowest BCUT2D eigenvalue weighted by molar-refractivity contribution is -0.173. The largest absolute Gasteiger partial charge is 0.512 e. The van der Waals surface area contributed by atoms with Crippen LogP contribution in [0.15, 0.2) is 60.7 Å². The highest BCUT2D eigenvalue weighted by atomic mass is 16.6. The van der Waals surface area contributed by atoms with E-state index in [4.69, 9.17) is 14.1 Å². The fourth-order valence-electron chi connectivity index (χ4n) is 7.06. The van der Waals surface area contributed by atoms with Crippen LogP contribution in [0.4, 0.5) is 0 Å². The van der Waals surface area contributed by atoms with E-state index in [2.05, 4.69) is 27.7 Å². The predicted octanol–water partition coefficient (Wildman–Crippen LogP) is 7.94. The Hall–Kier alpha value is -3.13. The maximum Gasteiger partial charge on any atom is 0.506 e. The maximum absolute atomic E-state index is 14.5. The summed E-state index contributed by atoms with van der Waals surface area (Å²) in [5.74, 6) is -1.95. The Labute approximate surface area is 283 Å². The van der Waals surface area contributed by atoms with Crippen LogP contribution in [-0.4, -0.2) is 37.2 Å². The second kappa shape index (κ2) is 16.3. The number of ether oxygens (including phenoxy) is 2. The second-order valence-corrected chi connectivity index (χ2v) is 15.7. The maximum atomic E-state index is 14.5. The molecular formula is C39H57BO7. The highest BCUT2D eigenvalue weighted by Gasteiger charge is 2.56. The number of carbonyl (C=O) groups is 3. The van der Waals surface area contributed by atoms with Crippen molar-refractivity contribution in [3.05, 3.63) is 71.8 Å². The molecule has 0 saturated heterocycles. The molecule has 258 valence electrons. The SMILES string of the molecule is CC(C(=O)OCc1ccccc1)C(C)(C)C(C)(C)CC(C)(C(=O)OCC1CCCCC1)C(C)(C)CC(C(=O)OBO)c1ccccc1. The van der Waals surface area contributed by atoms with Gasteiger partial charge in [0.1, 0.15) is 6.61 Å². The van der Waals surface area contributed by atoms with Crippen molar-refractivity contribution in [2.75, 3.05) is 6.61 Å². The molecule has 1 fully saturated rings. The molecule has 7 nitrogen and oxygen atoms in total. The van der Waals surface area contributed by atoms with Crippen LogP contribution in [0.25, 0.3) is 0 Å².